The van der Waals surface area contributed by atoms with E-state index in [2.05, 4.69) is 0 Å². The molecule has 1 aliphatic carbocycles. The predicted molar refractivity (Wildman–Crippen MR) is 73.2 cm³/mol. The maximum Gasteiger partial charge on any atom is 0.137 e. The fourth-order valence-corrected chi connectivity index (χ4v) is 3.21. The highest BCUT2D eigenvalue weighted by molar-refractivity contribution is 6.32. The van der Waals surface area contributed by atoms with Crippen LogP contribution in [0.15, 0.2) is 18.2 Å². The molecule has 1 aromatic carbocycles. The summed E-state index contributed by atoms with van der Waals surface area (Å²) >= 11 is 12.7. The molecule has 3 heteroatoms. The monoisotopic (exact) mass is 272 g/mol. The molecule has 1 atom stereocenters. The Kier molecular flexibility index (Phi) is 4.58. The first-order valence-corrected chi connectivity index (χ1v) is 7.01. The number of ether oxygens (including phenoxy) is 1. The first-order chi connectivity index (χ1) is 8.22. The molecule has 1 fully saturated rings. The molecule has 1 nitrogen and oxygen atoms in total. The van der Waals surface area contributed by atoms with Crippen LogP contribution in [-0.4, -0.2) is 7.11 Å². The van der Waals surface area contributed by atoms with E-state index in [1.165, 1.54) is 32.1 Å². The van der Waals surface area contributed by atoms with E-state index in [0.717, 1.165) is 5.56 Å². The van der Waals surface area contributed by atoms with Crippen LogP contribution in [0, 0.1) is 5.92 Å². The van der Waals surface area contributed by atoms with E-state index in [0.29, 0.717) is 16.7 Å². The molecule has 0 N–H and O–H groups in total. The minimum Gasteiger partial charge on any atom is -0.495 e. The van der Waals surface area contributed by atoms with Crippen molar-refractivity contribution in [2.75, 3.05) is 7.11 Å². The number of rotatable bonds is 3. The normalized spacial score (nSPS) is 19.0. The van der Waals surface area contributed by atoms with Crippen LogP contribution in [0.4, 0.5) is 0 Å². The molecule has 0 amide bonds. The summed E-state index contributed by atoms with van der Waals surface area (Å²) in [5.41, 5.74) is 1.12. The summed E-state index contributed by atoms with van der Waals surface area (Å²) in [5, 5.41) is 0.727. The Labute approximate surface area is 113 Å². The molecule has 2 rings (SSSR count). The van der Waals surface area contributed by atoms with Crippen LogP contribution in [0.1, 0.15) is 43.0 Å². The lowest BCUT2D eigenvalue weighted by molar-refractivity contribution is 0.348. The van der Waals surface area contributed by atoms with E-state index in [1.54, 1.807) is 7.11 Å². The summed E-state index contributed by atoms with van der Waals surface area (Å²) in [6.07, 6.45) is 6.43. The molecule has 0 radical (unpaired) electrons. The standard InChI is InChI=1S/C14H18Cl2O/c1-17-13-8-7-11(9-12(13)15)14(16)10-5-3-2-4-6-10/h7-10,14H,2-6H2,1H3. The van der Waals surface area contributed by atoms with E-state index in [4.69, 9.17) is 27.9 Å². The summed E-state index contributed by atoms with van der Waals surface area (Å²) in [4.78, 5) is 0. The van der Waals surface area contributed by atoms with Crippen molar-refractivity contribution in [3.63, 3.8) is 0 Å². The number of hydrogen-bond acceptors (Lipinski definition) is 1. The maximum atomic E-state index is 6.55. The van der Waals surface area contributed by atoms with E-state index >= 15 is 0 Å². The molecule has 1 aromatic rings. The molecule has 0 saturated heterocycles. The van der Waals surface area contributed by atoms with Gasteiger partial charge in [0, 0.05) is 0 Å². The second kappa shape index (κ2) is 5.97. The van der Waals surface area contributed by atoms with E-state index in [-0.39, 0.29) is 5.38 Å². The van der Waals surface area contributed by atoms with Gasteiger partial charge in [-0.05, 0) is 36.5 Å². The second-order valence-electron chi connectivity index (χ2n) is 4.69. The van der Waals surface area contributed by atoms with Crippen molar-refractivity contribution in [1.29, 1.82) is 0 Å². The van der Waals surface area contributed by atoms with Crippen LogP contribution in [0.25, 0.3) is 0 Å². The largest absolute Gasteiger partial charge is 0.495 e. The quantitative estimate of drug-likeness (QED) is 0.687. The Morgan fingerprint density at radius 2 is 1.94 bits per heavy atom. The van der Waals surface area contributed by atoms with Crippen LogP contribution >= 0.6 is 23.2 Å². The Morgan fingerprint density at radius 1 is 1.24 bits per heavy atom. The zero-order valence-electron chi connectivity index (χ0n) is 10.1. The van der Waals surface area contributed by atoms with Crippen LogP contribution < -0.4 is 4.74 Å². The van der Waals surface area contributed by atoms with Crippen LogP contribution in [-0.2, 0) is 0 Å². The summed E-state index contributed by atoms with van der Waals surface area (Å²) in [5.74, 6) is 1.30. The fourth-order valence-electron chi connectivity index (χ4n) is 2.55. The van der Waals surface area contributed by atoms with Gasteiger partial charge < -0.3 is 4.74 Å². The Hall–Kier alpha value is -0.400. The lowest BCUT2D eigenvalue weighted by Gasteiger charge is -2.26. The van der Waals surface area contributed by atoms with Gasteiger partial charge in [-0.1, -0.05) is 36.9 Å². The van der Waals surface area contributed by atoms with Gasteiger partial charge >= 0.3 is 0 Å². The van der Waals surface area contributed by atoms with E-state index in [1.807, 2.05) is 18.2 Å². The minimum atomic E-state index is 0.0821. The maximum absolute atomic E-state index is 6.55. The van der Waals surface area contributed by atoms with Crippen molar-refractivity contribution in [3.05, 3.63) is 28.8 Å². The summed E-state index contributed by atoms with van der Waals surface area (Å²) in [6.45, 7) is 0. The number of benzene rings is 1. The van der Waals surface area contributed by atoms with Gasteiger partial charge in [-0.3, -0.25) is 0 Å². The predicted octanol–water partition coefficient (Wildman–Crippen LogP) is 5.21. The third-order valence-corrected chi connectivity index (χ3v) is 4.46. The molecular formula is C14H18Cl2O. The number of hydrogen-bond donors (Lipinski definition) is 0. The topological polar surface area (TPSA) is 9.23 Å². The molecule has 0 spiro atoms. The Bertz CT molecular complexity index is 372. The zero-order chi connectivity index (χ0) is 12.3. The smallest absolute Gasteiger partial charge is 0.137 e. The van der Waals surface area contributed by atoms with Crippen molar-refractivity contribution >= 4 is 23.2 Å². The van der Waals surface area contributed by atoms with Crippen molar-refractivity contribution in [2.45, 2.75) is 37.5 Å². The molecule has 1 saturated carbocycles. The highest BCUT2D eigenvalue weighted by Crippen LogP contribution is 2.40. The van der Waals surface area contributed by atoms with Gasteiger partial charge in [-0.15, -0.1) is 11.6 Å². The second-order valence-corrected chi connectivity index (χ2v) is 5.57. The molecule has 1 unspecified atom stereocenters. The van der Waals surface area contributed by atoms with Gasteiger partial charge in [0.25, 0.3) is 0 Å². The average Bonchev–Trinajstić information content (AvgIpc) is 2.39. The first-order valence-electron chi connectivity index (χ1n) is 6.20. The number of methoxy groups -OCH3 is 1. The van der Waals surface area contributed by atoms with Gasteiger partial charge in [0.05, 0.1) is 17.5 Å². The average molecular weight is 273 g/mol. The molecule has 94 valence electrons. The van der Waals surface area contributed by atoms with Gasteiger partial charge in [-0.2, -0.15) is 0 Å². The van der Waals surface area contributed by atoms with Crippen molar-refractivity contribution in [1.82, 2.24) is 0 Å². The Morgan fingerprint density at radius 3 is 2.53 bits per heavy atom. The highest BCUT2D eigenvalue weighted by Gasteiger charge is 2.23. The third kappa shape index (κ3) is 3.08. The first kappa shape index (κ1) is 13.0. The summed E-state index contributed by atoms with van der Waals surface area (Å²) in [7, 11) is 1.63. The highest BCUT2D eigenvalue weighted by atomic mass is 35.5. The zero-order valence-corrected chi connectivity index (χ0v) is 11.6. The van der Waals surface area contributed by atoms with Gasteiger partial charge in [0.2, 0.25) is 0 Å². The Balaban J connectivity index is 2.12. The van der Waals surface area contributed by atoms with Crippen molar-refractivity contribution in [3.8, 4) is 5.75 Å². The van der Waals surface area contributed by atoms with Crippen molar-refractivity contribution < 1.29 is 4.74 Å². The molecule has 0 aliphatic heterocycles. The summed E-state index contributed by atoms with van der Waals surface area (Å²) in [6, 6.07) is 5.86. The van der Waals surface area contributed by atoms with Crippen LogP contribution in [0.2, 0.25) is 5.02 Å². The van der Waals surface area contributed by atoms with E-state index in [9.17, 15) is 0 Å². The minimum absolute atomic E-state index is 0.0821. The summed E-state index contributed by atoms with van der Waals surface area (Å²) < 4.78 is 5.15. The third-order valence-electron chi connectivity index (χ3n) is 3.56. The van der Waals surface area contributed by atoms with Crippen LogP contribution in [0.5, 0.6) is 5.75 Å². The SMILES string of the molecule is COc1ccc(C(Cl)C2CCCCC2)cc1Cl. The fraction of sp³-hybridized carbons (Fsp3) is 0.571. The van der Waals surface area contributed by atoms with Gasteiger partial charge in [0.15, 0.2) is 0 Å². The molecule has 0 bridgehead atoms. The van der Waals surface area contributed by atoms with Crippen LogP contribution in [0.3, 0.4) is 0 Å². The molecule has 0 heterocycles. The number of alkyl halides is 1. The van der Waals surface area contributed by atoms with E-state index < -0.39 is 0 Å². The van der Waals surface area contributed by atoms with Gasteiger partial charge in [0.1, 0.15) is 5.75 Å². The lowest BCUT2D eigenvalue weighted by Crippen LogP contribution is -2.12. The van der Waals surface area contributed by atoms with Crippen molar-refractivity contribution in [2.24, 2.45) is 5.92 Å². The van der Waals surface area contributed by atoms with Gasteiger partial charge in [-0.25, -0.2) is 0 Å². The lowest BCUT2D eigenvalue weighted by atomic mass is 9.84. The molecule has 1 aliphatic rings. The molecule has 17 heavy (non-hydrogen) atoms. The molecule has 0 aromatic heterocycles. The molecular weight excluding hydrogens is 255 g/mol. The number of halogens is 2.